The first-order valence-corrected chi connectivity index (χ1v) is 7.33. The number of imidazole rings is 1. The third-order valence-electron chi connectivity index (χ3n) is 2.85. The van der Waals surface area contributed by atoms with Crippen LogP contribution in [-0.2, 0) is 6.54 Å². The Bertz CT molecular complexity index is 716. The second kappa shape index (κ2) is 4.90. The molecule has 3 rings (SSSR count). The molecule has 0 aromatic carbocycles. The van der Waals surface area contributed by atoms with Gasteiger partial charge in [-0.15, -0.1) is 22.9 Å². The van der Waals surface area contributed by atoms with Crippen LogP contribution in [0.15, 0.2) is 23.7 Å². The van der Waals surface area contributed by atoms with E-state index in [9.17, 15) is 0 Å². The average molecular weight is 293 g/mol. The molecule has 0 aliphatic heterocycles. The Hall–Kier alpha value is -1.46. The van der Waals surface area contributed by atoms with Crippen LogP contribution in [-0.4, -0.2) is 19.5 Å². The second-order valence-corrected chi connectivity index (χ2v) is 6.00. The van der Waals surface area contributed by atoms with Crippen LogP contribution in [0.5, 0.6) is 0 Å². The van der Waals surface area contributed by atoms with Crippen LogP contribution < -0.4 is 0 Å². The number of hydrogen-bond acceptors (Lipinski definition) is 4. The van der Waals surface area contributed by atoms with Gasteiger partial charge in [0.05, 0.1) is 11.9 Å². The van der Waals surface area contributed by atoms with Crippen molar-refractivity contribution in [3.05, 3.63) is 40.2 Å². The lowest BCUT2D eigenvalue weighted by atomic mass is 10.4. The third-order valence-corrected chi connectivity index (χ3v) is 4.00. The van der Waals surface area contributed by atoms with Crippen LogP contribution in [0.3, 0.4) is 0 Å². The fourth-order valence-electron chi connectivity index (χ4n) is 2.05. The number of aromatic nitrogens is 4. The number of alkyl halides is 1. The van der Waals surface area contributed by atoms with E-state index in [0.717, 1.165) is 27.7 Å². The Morgan fingerprint density at radius 1 is 1.42 bits per heavy atom. The highest BCUT2D eigenvalue weighted by atomic mass is 35.5. The normalized spacial score (nSPS) is 13.0. The predicted octanol–water partition coefficient (Wildman–Crippen LogP) is 3.54. The number of thiazole rings is 1. The van der Waals surface area contributed by atoms with E-state index < -0.39 is 0 Å². The monoisotopic (exact) mass is 292 g/mol. The van der Waals surface area contributed by atoms with Gasteiger partial charge in [0.1, 0.15) is 16.3 Å². The number of aryl methyl sites for hydroxylation is 1. The first-order chi connectivity index (χ1) is 9.15. The third kappa shape index (κ3) is 2.35. The zero-order chi connectivity index (χ0) is 13.4. The molecule has 0 fully saturated rings. The Morgan fingerprint density at radius 3 is 2.95 bits per heavy atom. The van der Waals surface area contributed by atoms with Crippen molar-refractivity contribution in [3.63, 3.8) is 0 Å². The second-order valence-electron chi connectivity index (χ2n) is 4.40. The van der Waals surface area contributed by atoms with Crippen LogP contribution in [0.2, 0.25) is 0 Å². The van der Waals surface area contributed by atoms with Gasteiger partial charge in [-0.1, -0.05) is 0 Å². The van der Waals surface area contributed by atoms with Gasteiger partial charge < -0.3 is 4.57 Å². The van der Waals surface area contributed by atoms with Crippen LogP contribution in [0, 0.1) is 6.92 Å². The molecule has 0 spiro atoms. The summed E-state index contributed by atoms with van der Waals surface area (Å²) in [6.45, 7) is 4.58. The van der Waals surface area contributed by atoms with Crippen molar-refractivity contribution in [2.45, 2.75) is 25.8 Å². The Morgan fingerprint density at radius 2 is 2.26 bits per heavy atom. The molecule has 0 aliphatic rings. The number of halogens is 1. The summed E-state index contributed by atoms with van der Waals surface area (Å²) >= 11 is 7.87. The van der Waals surface area contributed by atoms with Crippen molar-refractivity contribution in [2.24, 2.45) is 0 Å². The Labute approximate surface area is 120 Å². The number of nitrogens with zero attached hydrogens (tertiary/aromatic N) is 4. The van der Waals surface area contributed by atoms with Crippen molar-refractivity contribution in [3.8, 4) is 0 Å². The quantitative estimate of drug-likeness (QED) is 0.694. The predicted molar refractivity (Wildman–Crippen MR) is 77.7 cm³/mol. The summed E-state index contributed by atoms with van der Waals surface area (Å²) in [5, 5.41) is 2.93. The van der Waals surface area contributed by atoms with Crippen LogP contribution in [0.1, 0.15) is 28.8 Å². The first kappa shape index (κ1) is 12.6. The van der Waals surface area contributed by atoms with E-state index in [1.54, 1.807) is 17.5 Å². The maximum atomic E-state index is 6.22. The molecule has 1 unspecified atom stereocenters. The molecule has 0 radical (unpaired) electrons. The SMILES string of the molecule is Cc1csc(Cn2c(C(C)Cl)nc3cccnc32)n1. The topological polar surface area (TPSA) is 43.6 Å². The summed E-state index contributed by atoms with van der Waals surface area (Å²) in [5.74, 6) is 0.836. The van der Waals surface area contributed by atoms with Crippen LogP contribution in [0.25, 0.3) is 11.2 Å². The lowest BCUT2D eigenvalue weighted by molar-refractivity contribution is 0.731. The van der Waals surface area contributed by atoms with E-state index in [-0.39, 0.29) is 5.38 Å². The number of hydrogen-bond donors (Lipinski definition) is 0. The summed E-state index contributed by atoms with van der Waals surface area (Å²) in [5.41, 5.74) is 2.77. The summed E-state index contributed by atoms with van der Waals surface area (Å²) in [6.07, 6.45) is 1.77. The number of rotatable bonds is 3. The minimum Gasteiger partial charge on any atom is -0.305 e. The molecule has 3 heterocycles. The summed E-state index contributed by atoms with van der Waals surface area (Å²) in [6, 6.07) is 3.84. The van der Waals surface area contributed by atoms with Gasteiger partial charge in [0.15, 0.2) is 5.65 Å². The standard InChI is InChI=1S/C13H13ClN4S/c1-8-7-19-11(16-8)6-18-12(9(2)14)17-10-4-3-5-15-13(10)18/h3-5,7,9H,6H2,1-2H3. The molecule has 3 aromatic heterocycles. The van der Waals surface area contributed by atoms with Gasteiger partial charge >= 0.3 is 0 Å². The molecule has 98 valence electrons. The molecular weight excluding hydrogens is 280 g/mol. The lowest BCUT2D eigenvalue weighted by Gasteiger charge is -2.07. The van der Waals surface area contributed by atoms with E-state index in [2.05, 4.69) is 15.0 Å². The molecule has 0 N–H and O–H groups in total. The summed E-state index contributed by atoms with van der Waals surface area (Å²) in [7, 11) is 0. The molecular formula is C13H13ClN4S. The highest BCUT2D eigenvalue weighted by Gasteiger charge is 2.16. The summed E-state index contributed by atoms with van der Waals surface area (Å²) < 4.78 is 2.05. The van der Waals surface area contributed by atoms with Crippen molar-refractivity contribution < 1.29 is 0 Å². The van der Waals surface area contributed by atoms with Crippen LogP contribution >= 0.6 is 22.9 Å². The molecule has 6 heteroatoms. The van der Waals surface area contributed by atoms with E-state index in [1.165, 1.54) is 0 Å². The van der Waals surface area contributed by atoms with Gasteiger partial charge in [-0.25, -0.2) is 15.0 Å². The molecule has 0 saturated carbocycles. The van der Waals surface area contributed by atoms with Gasteiger partial charge in [-0.2, -0.15) is 0 Å². The molecule has 3 aromatic rings. The first-order valence-electron chi connectivity index (χ1n) is 6.01. The fraction of sp³-hybridized carbons (Fsp3) is 0.308. The Balaban J connectivity index is 2.12. The van der Waals surface area contributed by atoms with Gasteiger partial charge in [-0.3, -0.25) is 0 Å². The highest BCUT2D eigenvalue weighted by Crippen LogP contribution is 2.24. The van der Waals surface area contributed by atoms with Crippen LogP contribution in [0.4, 0.5) is 0 Å². The molecule has 0 saturated heterocycles. The van der Waals surface area contributed by atoms with Gasteiger partial charge in [0.25, 0.3) is 0 Å². The van der Waals surface area contributed by atoms with Crippen molar-refractivity contribution >= 4 is 34.1 Å². The van der Waals surface area contributed by atoms with Crippen molar-refractivity contribution in [2.75, 3.05) is 0 Å². The van der Waals surface area contributed by atoms with Crippen molar-refractivity contribution in [1.82, 2.24) is 19.5 Å². The maximum Gasteiger partial charge on any atom is 0.160 e. The smallest absolute Gasteiger partial charge is 0.160 e. The number of fused-ring (bicyclic) bond motifs is 1. The number of pyridine rings is 1. The van der Waals surface area contributed by atoms with Gasteiger partial charge in [0.2, 0.25) is 0 Å². The minimum atomic E-state index is -0.157. The molecule has 0 amide bonds. The lowest BCUT2D eigenvalue weighted by Crippen LogP contribution is -2.06. The molecule has 0 bridgehead atoms. The zero-order valence-electron chi connectivity index (χ0n) is 10.7. The fourth-order valence-corrected chi connectivity index (χ4v) is 2.97. The molecule has 19 heavy (non-hydrogen) atoms. The Kier molecular flexibility index (Phi) is 3.24. The van der Waals surface area contributed by atoms with E-state index in [0.29, 0.717) is 6.54 Å². The van der Waals surface area contributed by atoms with Crippen molar-refractivity contribution in [1.29, 1.82) is 0 Å². The van der Waals surface area contributed by atoms with E-state index in [1.807, 2.05) is 35.9 Å². The molecule has 0 aliphatic carbocycles. The molecule has 4 nitrogen and oxygen atoms in total. The largest absolute Gasteiger partial charge is 0.305 e. The van der Waals surface area contributed by atoms with Gasteiger partial charge in [-0.05, 0) is 26.0 Å². The highest BCUT2D eigenvalue weighted by molar-refractivity contribution is 7.09. The van der Waals surface area contributed by atoms with E-state index >= 15 is 0 Å². The molecule has 1 atom stereocenters. The minimum absolute atomic E-state index is 0.157. The average Bonchev–Trinajstić information content (AvgIpc) is 2.95. The summed E-state index contributed by atoms with van der Waals surface area (Å²) in [4.78, 5) is 13.5. The zero-order valence-corrected chi connectivity index (χ0v) is 12.2. The van der Waals surface area contributed by atoms with E-state index in [4.69, 9.17) is 11.6 Å². The van der Waals surface area contributed by atoms with Gasteiger partial charge in [0, 0.05) is 17.3 Å². The maximum absolute atomic E-state index is 6.22.